The fourth-order valence-corrected chi connectivity index (χ4v) is 2.84. The normalized spacial score (nSPS) is 11.2. The zero-order valence-corrected chi connectivity index (χ0v) is 14.1. The summed E-state index contributed by atoms with van der Waals surface area (Å²) < 4.78 is 12.7. The number of ether oxygens (including phenoxy) is 2. The maximum atomic E-state index is 11.9. The number of nitrogens with zero attached hydrogens (tertiary/aromatic N) is 1. The Balaban J connectivity index is 2.56. The second-order valence-electron chi connectivity index (χ2n) is 5.93. The number of rotatable bonds is 6. The zero-order valence-electron chi connectivity index (χ0n) is 14.1. The molecule has 2 rings (SSSR count). The monoisotopic (exact) mass is 303 g/mol. The summed E-state index contributed by atoms with van der Waals surface area (Å²) in [5, 5.41) is 1.07. The second kappa shape index (κ2) is 6.86. The lowest BCUT2D eigenvalue weighted by Crippen LogP contribution is -2.10. The Morgan fingerprint density at radius 3 is 2.64 bits per heavy atom. The first-order valence-corrected chi connectivity index (χ1v) is 7.79. The fraction of sp³-hybridized carbons (Fsp3) is 0.500. The van der Waals surface area contributed by atoms with Crippen molar-refractivity contribution in [1.29, 1.82) is 0 Å². The molecule has 0 aliphatic rings. The third-order valence-corrected chi connectivity index (χ3v) is 3.84. The molecule has 0 radical (unpaired) electrons. The Morgan fingerprint density at radius 2 is 2.05 bits per heavy atom. The number of hydrogen-bond acceptors (Lipinski definition) is 3. The first-order valence-electron chi connectivity index (χ1n) is 7.79. The summed E-state index contributed by atoms with van der Waals surface area (Å²) in [6.45, 7) is 9.63. The molecule has 22 heavy (non-hydrogen) atoms. The van der Waals surface area contributed by atoms with Crippen LogP contribution in [0.2, 0.25) is 0 Å². The van der Waals surface area contributed by atoms with Crippen molar-refractivity contribution in [2.75, 3.05) is 13.7 Å². The molecule has 0 unspecified atom stereocenters. The van der Waals surface area contributed by atoms with Crippen LogP contribution in [0.5, 0.6) is 5.75 Å². The molecule has 1 heterocycles. The Labute approximate surface area is 132 Å². The number of benzene rings is 1. The summed E-state index contributed by atoms with van der Waals surface area (Å²) in [4.78, 5) is 11.9. The van der Waals surface area contributed by atoms with Gasteiger partial charge in [0, 0.05) is 23.1 Å². The molecule has 4 nitrogen and oxygen atoms in total. The van der Waals surface area contributed by atoms with Gasteiger partial charge in [-0.15, -0.1) is 0 Å². The number of methoxy groups -OCH3 is 1. The van der Waals surface area contributed by atoms with Crippen molar-refractivity contribution in [3.8, 4) is 5.75 Å². The van der Waals surface area contributed by atoms with E-state index in [9.17, 15) is 4.79 Å². The number of esters is 1. The second-order valence-corrected chi connectivity index (χ2v) is 5.93. The average Bonchev–Trinajstić information content (AvgIpc) is 2.72. The highest BCUT2D eigenvalue weighted by Gasteiger charge is 2.18. The van der Waals surface area contributed by atoms with Crippen LogP contribution in [0.3, 0.4) is 0 Å². The highest BCUT2D eigenvalue weighted by Crippen LogP contribution is 2.30. The summed E-state index contributed by atoms with van der Waals surface area (Å²) >= 11 is 0. The van der Waals surface area contributed by atoms with Gasteiger partial charge in [-0.05, 0) is 43.5 Å². The van der Waals surface area contributed by atoms with E-state index in [4.69, 9.17) is 9.47 Å². The fourth-order valence-electron chi connectivity index (χ4n) is 2.84. The van der Waals surface area contributed by atoms with Gasteiger partial charge in [-0.25, -0.2) is 0 Å². The molecule has 0 saturated heterocycles. The predicted molar refractivity (Wildman–Crippen MR) is 88.4 cm³/mol. The van der Waals surface area contributed by atoms with Gasteiger partial charge >= 0.3 is 5.97 Å². The Hall–Kier alpha value is -1.97. The Bertz CT molecular complexity index is 671. The summed E-state index contributed by atoms with van der Waals surface area (Å²) in [5.74, 6) is 1.16. The molecular weight excluding hydrogens is 278 g/mol. The minimum absolute atomic E-state index is 0.183. The van der Waals surface area contributed by atoms with Crippen LogP contribution < -0.4 is 4.74 Å². The molecular formula is C18H25NO3. The number of hydrogen-bond donors (Lipinski definition) is 0. The van der Waals surface area contributed by atoms with Gasteiger partial charge < -0.3 is 14.0 Å². The molecule has 2 aromatic rings. The maximum absolute atomic E-state index is 11.9. The third kappa shape index (κ3) is 3.26. The van der Waals surface area contributed by atoms with E-state index >= 15 is 0 Å². The SMILES string of the molecule is CCOC(=O)Cc1c(C)n(CC(C)C)c2ccc(OC)cc12. The molecule has 0 fully saturated rings. The van der Waals surface area contributed by atoms with Gasteiger partial charge in [0.25, 0.3) is 0 Å². The molecule has 1 aromatic carbocycles. The molecule has 0 saturated carbocycles. The topological polar surface area (TPSA) is 40.5 Å². The summed E-state index contributed by atoms with van der Waals surface area (Å²) in [6.07, 6.45) is 0.300. The van der Waals surface area contributed by atoms with Crippen molar-refractivity contribution in [2.45, 2.75) is 40.7 Å². The highest BCUT2D eigenvalue weighted by molar-refractivity contribution is 5.90. The summed E-state index contributed by atoms with van der Waals surface area (Å²) in [7, 11) is 1.66. The largest absolute Gasteiger partial charge is 0.497 e. The predicted octanol–water partition coefficient (Wildman–Crippen LogP) is 3.72. The number of carbonyl (C=O) groups is 1. The first-order chi connectivity index (χ1) is 10.5. The van der Waals surface area contributed by atoms with Crippen LogP contribution in [0.4, 0.5) is 0 Å². The van der Waals surface area contributed by atoms with E-state index in [0.717, 1.165) is 34.5 Å². The van der Waals surface area contributed by atoms with Crippen molar-refractivity contribution in [3.05, 3.63) is 29.5 Å². The summed E-state index contributed by atoms with van der Waals surface area (Å²) in [5.41, 5.74) is 3.31. The molecule has 0 N–H and O–H groups in total. The quantitative estimate of drug-likeness (QED) is 0.764. The van der Waals surface area contributed by atoms with Gasteiger partial charge in [0.05, 0.1) is 20.1 Å². The minimum atomic E-state index is -0.183. The van der Waals surface area contributed by atoms with Gasteiger partial charge in [-0.1, -0.05) is 13.8 Å². The molecule has 0 atom stereocenters. The van der Waals surface area contributed by atoms with E-state index in [1.54, 1.807) is 7.11 Å². The van der Waals surface area contributed by atoms with Crippen LogP contribution in [0, 0.1) is 12.8 Å². The zero-order chi connectivity index (χ0) is 16.3. The maximum Gasteiger partial charge on any atom is 0.310 e. The van der Waals surface area contributed by atoms with Crippen LogP contribution in [0.1, 0.15) is 32.0 Å². The average molecular weight is 303 g/mol. The van der Waals surface area contributed by atoms with Crippen molar-refractivity contribution < 1.29 is 14.3 Å². The molecule has 4 heteroatoms. The number of carbonyl (C=O) groups excluding carboxylic acids is 1. The van der Waals surface area contributed by atoms with Crippen molar-refractivity contribution in [3.63, 3.8) is 0 Å². The molecule has 120 valence electrons. The van der Waals surface area contributed by atoms with E-state index in [0.29, 0.717) is 18.9 Å². The van der Waals surface area contributed by atoms with Crippen LogP contribution >= 0.6 is 0 Å². The lowest BCUT2D eigenvalue weighted by molar-refractivity contribution is -0.142. The van der Waals surface area contributed by atoms with Gasteiger partial charge in [0.15, 0.2) is 0 Å². The van der Waals surface area contributed by atoms with Crippen molar-refractivity contribution in [1.82, 2.24) is 4.57 Å². The third-order valence-electron chi connectivity index (χ3n) is 3.84. The van der Waals surface area contributed by atoms with Gasteiger partial charge in [-0.3, -0.25) is 4.79 Å². The van der Waals surface area contributed by atoms with Crippen LogP contribution in [-0.2, 0) is 22.5 Å². The van der Waals surface area contributed by atoms with E-state index in [1.165, 1.54) is 0 Å². The van der Waals surface area contributed by atoms with Crippen molar-refractivity contribution in [2.24, 2.45) is 5.92 Å². The van der Waals surface area contributed by atoms with Gasteiger partial charge in [-0.2, -0.15) is 0 Å². The Kier molecular flexibility index (Phi) is 5.11. The van der Waals surface area contributed by atoms with E-state index in [-0.39, 0.29) is 5.97 Å². The van der Waals surface area contributed by atoms with E-state index < -0.39 is 0 Å². The number of aromatic nitrogens is 1. The van der Waals surface area contributed by atoms with Crippen LogP contribution in [0.25, 0.3) is 10.9 Å². The van der Waals surface area contributed by atoms with E-state index in [2.05, 4.69) is 31.4 Å². The van der Waals surface area contributed by atoms with Crippen LogP contribution in [0.15, 0.2) is 18.2 Å². The lowest BCUT2D eigenvalue weighted by Gasteiger charge is -2.11. The minimum Gasteiger partial charge on any atom is -0.497 e. The molecule has 1 aromatic heterocycles. The molecule has 0 bridgehead atoms. The smallest absolute Gasteiger partial charge is 0.310 e. The van der Waals surface area contributed by atoms with Gasteiger partial charge in [0.2, 0.25) is 0 Å². The molecule has 0 aliphatic heterocycles. The summed E-state index contributed by atoms with van der Waals surface area (Å²) in [6, 6.07) is 6.04. The first kappa shape index (κ1) is 16.4. The standard InChI is InChI=1S/C18H25NO3/c1-6-22-18(20)10-15-13(4)19(11-12(2)3)17-8-7-14(21-5)9-16(15)17/h7-9,12H,6,10-11H2,1-5H3. The van der Waals surface area contributed by atoms with E-state index in [1.807, 2.05) is 19.1 Å². The number of fused-ring (bicyclic) bond motifs is 1. The Morgan fingerprint density at radius 1 is 1.32 bits per heavy atom. The van der Waals surface area contributed by atoms with Gasteiger partial charge in [0.1, 0.15) is 5.75 Å². The van der Waals surface area contributed by atoms with Crippen LogP contribution in [-0.4, -0.2) is 24.3 Å². The van der Waals surface area contributed by atoms with Crippen molar-refractivity contribution >= 4 is 16.9 Å². The molecule has 0 aliphatic carbocycles. The highest BCUT2D eigenvalue weighted by atomic mass is 16.5. The molecule has 0 spiro atoms. The lowest BCUT2D eigenvalue weighted by atomic mass is 10.1. The molecule has 0 amide bonds.